The van der Waals surface area contributed by atoms with Gasteiger partial charge in [-0.3, -0.25) is 4.79 Å². The molecule has 1 fully saturated rings. The number of rotatable bonds is 3. The zero-order valence-electron chi connectivity index (χ0n) is 10.3. The zero-order chi connectivity index (χ0) is 12.3. The number of nitrogens with zero attached hydrogens (tertiary/aromatic N) is 2. The van der Waals surface area contributed by atoms with Crippen LogP contribution in [0.1, 0.15) is 23.6 Å². The Morgan fingerprint density at radius 3 is 2.76 bits per heavy atom. The third-order valence-electron chi connectivity index (χ3n) is 2.88. The number of hydrogen-bond donors (Lipinski definition) is 2. The molecule has 1 amide bonds. The molecule has 2 heterocycles. The van der Waals surface area contributed by atoms with E-state index in [0.29, 0.717) is 12.4 Å². The number of aryl methyl sites for hydroxylation is 2. The lowest BCUT2D eigenvalue weighted by Crippen LogP contribution is -2.32. The minimum Gasteiger partial charge on any atom is -0.349 e. The van der Waals surface area contributed by atoms with Crippen molar-refractivity contribution in [3.05, 3.63) is 23.3 Å². The topological polar surface area (TPSA) is 66.9 Å². The minimum absolute atomic E-state index is 0.0951. The summed E-state index contributed by atoms with van der Waals surface area (Å²) in [7, 11) is 0. The number of amides is 1. The minimum atomic E-state index is 0.0951. The van der Waals surface area contributed by atoms with Gasteiger partial charge in [0.2, 0.25) is 5.91 Å². The van der Waals surface area contributed by atoms with E-state index in [1.165, 1.54) is 0 Å². The summed E-state index contributed by atoms with van der Waals surface area (Å²) in [5, 5.41) is 6.07. The van der Waals surface area contributed by atoms with E-state index in [0.717, 1.165) is 30.9 Å². The van der Waals surface area contributed by atoms with Crippen molar-refractivity contribution in [2.45, 2.75) is 26.8 Å². The van der Waals surface area contributed by atoms with E-state index in [2.05, 4.69) is 20.6 Å². The van der Waals surface area contributed by atoms with Crippen LogP contribution in [0.4, 0.5) is 0 Å². The van der Waals surface area contributed by atoms with E-state index < -0.39 is 0 Å². The Kier molecular flexibility index (Phi) is 3.68. The molecule has 1 aromatic rings. The Morgan fingerprint density at radius 1 is 1.47 bits per heavy atom. The molecule has 5 heteroatoms. The van der Waals surface area contributed by atoms with Gasteiger partial charge in [0, 0.05) is 17.9 Å². The van der Waals surface area contributed by atoms with Gasteiger partial charge < -0.3 is 10.6 Å². The predicted octanol–water partition coefficient (Wildman–Crippen LogP) is 0.319. The Balaban J connectivity index is 1.90. The summed E-state index contributed by atoms with van der Waals surface area (Å²) in [4.78, 5) is 20.4. The molecule has 0 saturated carbocycles. The average molecular weight is 234 g/mol. The van der Waals surface area contributed by atoms with Gasteiger partial charge in [-0.25, -0.2) is 9.97 Å². The van der Waals surface area contributed by atoms with Crippen LogP contribution in [0.2, 0.25) is 0 Å². The fourth-order valence-corrected chi connectivity index (χ4v) is 2.07. The first-order valence-electron chi connectivity index (χ1n) is 5.95. The second-order valence-corrected chi connectivity index (χ2v) is 4.47. The first-order chi connectivity index (χ1) is 8.15. The van der Waals surface area contributed by atoms with E-state index in [4.69, 9.17) is 0 Å². The van der Waals surface area contributed by atoms with Gasteiger partial charge in [-0.05, 0) is 32.9 Å². The Morgan fingerprint density at radius 2 is 2.18 bits per heavy atom. The van der Waals surface area contributed by atoms with Crippen LogP contribution in [0.25, 0.3) is 0 Å². The molecule has 1 saturated heterocycles. The summed E-state index contributed by atoms with van der Waals surface area (Å²) in [5.74, 6) is 0.875. The molecular formula is C12H18N4O. The average Bonchev–Trinajstić information content (AvgIpc) is 2.78. The number of aromatic nitrogens is 2. The third-order valence-corrected chi connectivity index (χ3v) is 2.88. The van der Waals surface area contributed by atoms with Crippen LogP contribution in [-0.2, 0) is 11.3 Å². The summed E-state index contributed by atoms with van der Waals surface area (Å²) in [6, 6.07) is 1.92. The number of hydrogen-bond acceptors (Lipinski definition) is 4. The van der Waals surface area contributed by atoms with Gasteiger partial charge in [0.05, 0.1) is 12.5 Å². The summed E-state index contributed by atoms with van der Waals surface area (Å²) in [5.41, 5.74) is 1.87. The zero-order valence-corrected chi connectivity index (χ0v) is 10.3. The third kappa shape index (κ3) is 3.23. The molecule has 1 aliphatic rings. The quantitative estimate of drug-likeness (QED) is 0.790. The van der Waals surface area contributed by atoms with Crippen molar-refractivity contribution >= 4 is 5.91 Å². The molecule has 5 nitrogen and oxygen atoms in total. The summed E-state index contributed by atoms with van der Waals surface area (Å²) >= 11 is 0. The lowest BCUT2D eigenvalue weighted by molar-refractivity contribution is -0.124. The molecule has 2 N–H and O–H groups in total. The van der Waals surface area contributed by atoms with Crippen molar-refractivity contribution in [2.24, 2.45) is 5.92 Å². The number of carbonyl (C=O) groups excluding carboxylic acids is 1. The van der Waals surface area contributed by atoms with E-state index in [1.807, 2.05) is 19.9 Å². The molecule has 92 valence electrons. The molecule has 1 aromatic heterocycles. The lowest BCUT2D eigenvalue weighted by atomic mass is 10.1. The summed E-state index contributed by atoms with van der Waals surface area (Å²) in [6.07, 6.45) is 0.916. The highest BCUT2D eigenvalue weighted by molar-refractivity contribution is 5.79. The first kappa shape index (κ1) is 12.0. The van der Waals surface area contributed by atoms with Gasteiger partial charge >= 0.3 is 0 Å². The highest BCUT2D eigenvalue weighted by atomic mass is 16.1. The fourth-order valence-electron chi connectivity index (χ4n) is 2.07. The van der Waals surface area contributed by atoms with Crippen LogP contribution in [-0.4, -0.2) is 29.0 Å². The first-order valence-corrected chi connectivity index (χ1v) is 5.95. The predicted molar refractivity (Wildman–Crippen MR) is 64.3 cm³/mol. The molecule has 2 rings (SSSR count). The molecule has 0 aliphatic carbocycles. The molecule has 0 radical (unpaired) electrons. The van der Waals surface area contributed by atoms with Crippen LogP contribution in [0, 0.1) is 19.8 Å². The van der Waals surface area contributed by atoms with E-state index in [-0.39, 0.29) is 11.8 Å². The van der Waals surface area contributed by atoms with Gasteiger partial charge in [0.25, 0.3) is 0 Å². The largest absolute Gasteiger partial charge is 0.349 e. The molecule has 17 heavy (non-hydrogen) atoms. The smallest absolute Gasteiger partial charge is 0.224 e. The molecule has 1 atom stereocenters. The highest BCUT2D eigenvalue weighted by Crippen LogP contribution is 2.07. The Labute approximate surface area is 101 Å². The summed E-state index contributed by atoms with van der Waals surface area (Å²) < 4.78 is 0. The maximum absolute atomic E-state index is 11.8. The van der Waals surface area contributed by atoms with Crippen LogP contribution in [0.15, 0.2) is 6.07 Å². The molecule has 1 aliphatic heterocycles. The normalized spacial score (nSPS) is 19.3. The number of carbonyl (C=O) groups is 1. The van der Waals surface area contributed by atoms with Crippen LogP contribution in [0.5, 0.6) is 0 Å². The van der Waals surface area contributed by atoms with E-state index >= 15 is 0 Å². The van der Waals surface area contributed by atoms with E-state index in [1.54, 1.807) is 0 Å². The van der Waals surface area contributed by atoms with Crippen molar-refractivity contribution in [3.63, 3.8) is 0 Å². The fraction of sp³-hybridized carbons (Fsp3) is 0.583. The monoisotopic (exact) mass is 234 g/mol. The summed E-state index contributed by atoms with van der Waals surface area (Å²) in [6.45, 7) is 5.98. The molecule has 0 unspecified atom stereocenters. The molecule has 0 aromatic carbocycles. The van der Waals surface area contributed by atoms with E-state index in [9.17, 15) is 4.79 Å². The lowest BCUT2D eigenvalue weighted by Gasteiger charge is -2.09. The molecule has 0 bridgehead atoms. The maximum atomic E-state index is 11.8. The highest BCUT2D eigenvalue weighted by Gasteiger charge is 2.21. The van der Waals surface area contributed by atoms with Crippen molar-refractivity contribution in [1.29, 1.82) is 0 Å². The second kappa shape index (κ2) is 5.23. The van der Waals surface area contributed by atoms with Gasteiger partial charge in [-0.2, -0.15) is 0 Å². The van der Waals surface area contributed by atoms with Crippen molar-refractivity contribution in [3.8, 4) is 0 Å². The maximum Gasteiger partial charge on any atom is 0.224 e. The van der Waals surface area contributed by atoms with Crippen LogP contribution >= 0.6 is 0 Å². The van der Waals surface area contributed by atoms with Crippen molar-refractivity contribution in [2.75, 3.05) is 13.1 Å². The molecular weight excluding hydrogens is 216 g/mol. The van der Waals surface area contributed by atoms with Gasteiger partial charge in [-0.15, -0.1) is 0 Å². The molecule has 0 spiro atoms. The van der Waals surface area contributed by atoms with Gasteiger partial charge in [-0.1, -0.05) is 0 Å². The Hall–Kier alpha value is -1.49. The van der Waals surface area contributed by atoms with Crippen molar-refractivity contribution < 1.29 is 4.79 Å². The van der Waals surface area contributed by atoms with Crippen LogP contribution in [0.3, 0.4) is 0 Å². The SMILES string of the molecule is Cc1cc(C)nc(CNC(=O)[C@H]2CCNC2)n1. The van der Waals surface area contributed by atoms with Gasteiger partial charge in [0.15, 0.2) is 0 Å². The van der Waals surface area contributed by atoms with Crippen LogP contribution < -0.4 is 10.6 Å². The van der Waals surface area contributed by atoms with Crippen molar-refractivity contribution in [1.82, 2.24) is 20.6 Å². The Bertz CT molecular complexity index is 393. The second-order valence-electron chi connectivity index (χ2n) is 4.47. The standard InChI is InChI=1S/C12H18N4O/c1-8-5-9(2)16-11(15-8)7-14-12(17)10-3-4-13-6-10/h5,10,13H,3-4,6-7H2,1-2H3,(H,14,17)/t10-/m0/s1. The van der Waals surface area contributed by atoms with Gasteiger partial charge in [0.1, 0.15) is 5.82 Å². The number of nitrogens with one attached hydrogen (secondary N) is 2.